The molecule has 5 nitrogen and oxygen atoms in total. The molecule has 0 atom stereocenters. The molecule has 0 unspecified atom stereocenters. The van der Waals surface area contributed by atoms with E-state index in [0.29, 0.717) is 4.47 Å². The van der Waals surface area contributed by atoms with Crippen molar-refractivity contribution in [2.45, 2.75) is 0 Å². The summed E-state index contributed by atoms with van der Waals surface area (Å²) in [6, 6.07) is 7.43. The average molecular weight is 374 g/mol. The van der Waals surface area contributed by atoms with Gasteiger partial charge in [0.2, 0.25) is 0 Å². The predicted molar refractivity (Wildman–Crippen MR) is 80.2 cm³/mol. The van der Waals surface area contributed by atoms with Gasteiger partial charge in [0.15, 0.2) is 0 Å². The number of rotatable bonds is 3. The highest BCUT2D eigenvalue weighted by molar-refractivity contribution is 9.10. The largest absolute Gasteiger partial charge is 0.316 e. The number of carbonyl (C=O) groups excluding carboxylic acids is 1. The summed E-state index contributed by atoms with van der Waals surface area (Å²) >= 11 is 8.81. The van der Waals surface area contributed by atoms with Crippen LogP contribution in [0.1, 0.15) is 10.4 Å². The second-order valence-corrected chi connectivity index (χ2v) is 5.29. The lowest BCUT2D eigenvalue weighted by Crippen LogP contribution is -2.14. The van der Waals surface area contributed by atoms with E-state index < -0.39 is 16.6 Å². The minimum Gasteiger partial charge on any atom is -0.316 e. The number of halogens is 3. The van der Waals surface area contributed by atoms with Gasteiger partial charge < -0.3 is 5.32 Å². The standard InChI is InChI=1S/C13H7BrClFN2O3/c14-10-3-2-8(16)6-9(10)13(19)17-11-4-1-7(15)5-12(11)18(20)21/h1-6H,(H,17,19). The molecule has 0 saturated heterocycles. The molecule has 1 N–H and O–H groups in total. The highest BCUT2D eigenvalue weighted by Crippen LogP contribution is 2.29. The van der Waals surface area contributed by atoms with E-state index in [1.165, 1.54) is 24.3 Å². The van der Waals surface area contributed by atoms with E-state index in [-0.39, 0.29) is 22.0 Å². The summed E-state index contributed by atoms with van der Waals surface area (Å²) in [7, 11) is 0. The first-order valence-electron chi connectivity index (χ1n) is 5.59. The van der Waals surface area contributed by atoms with Crippen molar-refractivity contribution < 1.29 is 14.1 Å². The lowest BCUT2D eigenvalue weighted by atomic mass is 10.2. The minimum atomic E-state index is -0.674. The highest BCUT2D eigenvalue weighted by Gasteiger charge is 2.18. The Morgan fingerprint density at radius 1 is 1.29 bits per heavy atom. The van der Waals surface area contributed by atoms with E-state index in [4.69, 9.17) is 11.6 Å². The van der Waals surface area contributed by atoms with Crippen LogP contribution in [0.2, 0.25) is 5.02 Å². The van der Waals surface area contributed by atoms with Gasteiger partial charge >= 0.3 is 0 Å². The monoisotopic (exact) mass is 372 g/mol. The lowest BCUT2D eigenvalue weighted by Gasteiger charge is -2.08. The summed E-state index contributed by atoms with van der Waals surface area (Å²) < 4.78 is 13.6. The normalized spacial score (nSPS) is 10.2. The average Bonchev–Trinajstić information content (AvgIpc) is 2.43. The minimum absolute atomic E-state index is 0.0226. The van der Waals surface area contributed by atoms with E-state index in [1.807, 2.05) is 0 Å². The van der Waals surface area contributed by atoms with Gasteiger partial charge in [0.25, 0.3) is 11.6 Å². The number of nitrogens with one attached hydrogen (secondary N) is 1. The van der Waals surface area contributed by atoms with Crippen LogP contribution >= 0.6 is 27.5 Å². The van der Waals surface area contributed by atoms with Gasteiger partial charge in [0.05, 0.1) is 10.5 Å². The zero-order valence-electron chi connectivity index (χ0n) is 10.3. The van der Waals surface area contributed by atoms with Gasteiger partial charge in [0.1, 0.15) is 11.5 Å². The fourth-order valence-corrected chi connectivity index (χ4v) is 2.22. The number of carbonyl (C=O) groups is 1. The number of benzene rings is 2. The molecule has 0 saturated carbocycles. The van der Waals surface area contributed by atoms with Gasteiger partial charge in [-0.2, -0.15) is 0 Å². The Morgan fingerprint density at radius 3 is 2.67 bits per heavy atom. The van der Waals surface area contributed by atoms with Gasteiger partial charge in [-0.05, 0) is 46.3 Å². The fraction of sp³-hybridized carbons (Fsp3) is 0. The van der Waals surface area contributed by atoms with Crippen molar-refractivity contribution in [2.24, 2.45) is 0 Å². The van der Waals surface area contributed by atoms with Crippen LogP contribution in [0.4, 0.5) is 15.8 Å². The molecule has 0 spiro atoms. The van der Waals surface area contributed by atoms with Crippen molar-refractivity contribution in [1.29, 1.82) is 0 Å². The molecule has 0 heterocycles. The summed E-state index contributed by atoms with van der Waals surface area (Å²) in [6.07, 6.45) is 0. The molecule has 0 aliphatic rings. The van der Waals surface area contributed by atoms with Crippen LogP contribution in [0.3, 0.4) is 0 Å². The van der Waals surface area contributed by atoms with E-state index in [0.717, 1.165) is 12.1 Å². The summed E-state index contributed by atoms with van der Waals surface area (Å²) in [5.41, 5.74) is -0.340. The van der Waals surface area contributed by atoms with E-state index in [1.54, 1.807) is 0 Å². The predicted octanol–water partition coefficient (Wildman–Crippen LogP) is 4.40. The number of amides is 1. The van der Waals surface area contributed by atoms with Crippen molar-refractivity contribution in [2.75, 3.05) is 5.32 Å². The van der Waals surface area contributed by atoms with E-state index in [9.17, 15) is 19.3 Å². The quantitative estimate of drug-likeness (QED) is 0.640. The molecule has 0 fully saturated rings. The molecule has 0 radical (unpaired) electrons. The Morgan fingerprint density at radius 2 is 2.00 bits per heavy atom. The van der Waals surface area contributed by atoms with Crippen molar-refractivity contribution >= 4 is 44.8 Å². The lowest BCUT2D eigenvalue weighted by molar-refractivity contribution is -0.383. The van der Waals surface area contributed by atoms with Gasteiger partial charge in [-0.15, -0.1) is 0 Å². The van der Waals surface area contributed by atoms with Crippen LogP contribution in [0, 0.1) is 15.9 Å². The molecule has 21 heavy (non-hydrogen) atoms. The van der Waals surface area contributed by atoms with Crippen LogP contribution in [-0.4, -0.2) is 10.8 Å². The van der Waals surface area contributed by atoms with Crippen LogP contribution in [-0.2, 0) is 0 Å². The van der Waals surface area contributed by atoms with Crippen LogP contribution in [0.25, 0.3) is 0 Å². The van der Waals surface area contributed by atoms with Crippen molar-refractivity contribution in [3.63, 3.8) is 0 Å². The van der Waals surface area contributed by atoms with E-state index >= 15 is 0 Å². The Kier molecular flexibility index (Phi) is 4.54. The van der Waals surface area contributed by atoms with Crippen LogP contribution in [0.15, 0.2) is 40.9 Å². The summed E-state index contributed by atoms with van der Waals surface area (Å²) in [6.45, 7) is 0. The molecule has 0 aliphatic carbocycles. The zero-order valence-corrected chi connectivity index (χ0v) is 12.6. The summed E-state index contributed by atoms with van der Waals surface area (Å²) in [5.74, 6) is -1.26. The maximum absolute atomic E-state index is 13.2. The topological polar surface area (TPSA) is 72.2 Å². The molecule has 0 aromatic heterocycles. The number of nitro groups is 1. The molecule has 108 valence electrons. The van der Waals surface area contributed by atoms with Crippen LogP contribution in [0.5, 0.6) is 0 Å². The number of nitro benzene ring substituents is 1. The molecule has 1 amide bonds. The molecular formula is C13H7BrClFN2O3. The molecule has 0 aliphatic heterocycles. The number of hydrogen-bond donors (Lipinski definition) is 1. The van der Waals surface area contributed by atoms with Crippen molar-refractivity contribution in [3.8, 4) is 0 Å². The van der Waals surface area contributed by atoms with Crippen molar-refractivity contribution in [3.05, 3.63) is 67.4 Å². The molecule has 8 heteroatoms. The first-order chi connectivity index (χ1) is 9.88. The summed E-state index contributed by atoms with van der Waals surface area (Å²) in [5, 5.41) is 13.5. The zero-order chi connectivity index (χ0) is 15.6. The number of anilines is 1. The maximum Gasteiger partial charge on any atom is 0.294 e. The molecule has 2 aromatic carbocycles. The third-order valence-corrected chi connectivity index (χ3v) is 3.50. The SMILES string of the molecule is O=C(Nc1ccc(Cl)cc1[N+](=O)[O-])c1cc(F)ccc1Br. The van der Waals surface area contributed by atoms with Gasteiger partial charge in [-0.3, -0.25) is 14.9 Å². The molecule has 2 rings (SSSR count). The Hall–Kier alpha value is -1.99. The fourth-order valence-electron chi connectivity index (χ4n) is 1.62. The first-order valence-corrected chi connectivity index (χ1v) is 6.76. The van der Waals surface area contributed by atoms with Gasteiger partial charge in [-0.25, -0.2) is 4.39 Å². The van der Waals surface area contributed by atoms with Gasteiger partial charge in [-0.1, -0.05) is 11.6 Å². The van der Waals surface area contributed by atoms with Gasteiger partial charge in [0, 0.05) is 15.6 Å². The van der Waals surface area contributed by atoms with E-state index in [2.05, 4.69) is 21.2 Å². The third-order valence-electron chi connectivity index (χ3n) is 2.58. The smallest absolute Gasteiger partial charge is 0.294 e. The molecule has 2 aromatic rings. The van der Waals surface area contributed by atoms with Crippen LogP contribution < -0.4 is 5.32 Å². The first kappa shape index (κ1) is 15.4. The number of nitrogens with zero attached hydrogens (tertiary/aromatic N) is 1. The maximum atomic E-state index is 13.2. The molecule has 0 bridgehead atoms. The highest BCUT2D eigenvalue weighted by atomic mass is 79.9. The Labute approximate surface area is 132 Å². The number of hydrogen-bond acceptors (Lipinski definition) is 3. The second kappa shape index (κ2) is 6.19. The van der Waals surface area contributed by atoms with Crippen molar-refractivity contribution in [1.82, 2.24) is 0 Å². The molecular weight excluding hydrogens is 367 g/mol. The Bertz CT molecular complexity index is 739. The summed E-state index contributed by atoms with van der Waals surface area (Å²) in [4.78, 5) is 22.4. The third kappa shape index (κ3) is 3.56. The second-order valence-electron chi connectivity index (χ2n) is 4.00. The Balaban J connectivity index is 2.36.